The van der Waals surface area contributed by atoms with Crippen molar-refractivity contribution in [1.29, 1.82) is 0 Å². The average molecular weight is 479 g/mol. The first kappa shape index (κ1) is 25.1. The van der Waals surface area contributed by atoms with Crippen LogP contribution < -0.4 is 5.32 Å². The lowest BCUT2D eigenvalue weighted by Gasteiger charge is -2.23. The van der Waals surface area contributed by atoms with Crippen LogP contribution in [0.5, 0.6) is 0 Å². The largest absolute Gasteiger partial charge is 0.478 e. The number of carboxylic acids is 1. The number of carboxylic acid groups (broad SMARTS) is 1. The van der Waals surface area contributed by atoms with Gasteiger partial charge in [0, 0.05) is 5.69 Å². The van der Waals surface area contributed by atoms with Gasteiger partial charge in [-0.25, -0.2) is 18.8 Å². The van der Waals surface area contributed by atoms with Crippen molar-refractivity contribution in [3.63, 3.8) is 0 Å². The highest BCUT2D eigenvalue weighted by Crippen LogP contribution is 2.17. The molecular weight excluding hydrogens is 457 g/mol. The highest BCUT2D eigenvalue weighted by molar-refractivity contribution is 6.01. The first-order chi connectivity index (χ1) is 16.6. The summed E-state index contributed by atoms with van der Waals surface area (Å²) in [5.74, 6) is -5.36. The van der Waals surface area contributed by atoms with E-state index in [1.807, 2.05) is 0 Å². The summed E-state index contributed by atoms with van der Waals surface area (Å²) in [6.45, 7) is 3.47. The van der Waals surface area contributed by atoms with Crippen molar-refractivity contribution < 1.29 is 38.1 Å². The van der Waals surface area contributed by atoms with E-state index in [0.717, 1.165) is 23.3 Å². The molecule has 0 bridgehead atoms. The van der Waals surface area contributed by atoms with Crippen LogP contribution in [0.3, 0.4) is 0 Å². The first-order valence-electron chi connectivity index (χ1n) is 10.5. The van der Waals surface area contributed by atoms with Crippen molar-refractivity contribution in [2.75, 3.05) is 5.32 Å². The normalized spacial score (nSPS) is 12.2. The lowest BCUT2D eigenvalue weighted by molar-refractivity contribution is -0.157. The smallest absolute Gasteiger partial charge is 0.349 e. The summed E-state index contributed by atoms with van der Waals surface area (Å²) in [6, 6.07) is 17.1. The van der Waals surface area contributed by atoms with Crippen LogP contribution in [0.4, 0.5) is 10.1 Å². The molecule has 3 aromatic rings. The number of aryl methyl sites for hydroxylation is 2. The number of benzene rings is 3. The lowest BCUT2D eigenvalue weighted by Crippen LogP contribution is -2.48. The molecule has 2 N–H and O–H groups in total. The number of carbonyl (C=O) groups is 4. The van der Waals surface area contributed by atoms with Crippen LogP contribution in [0.2, 0.25) is 0 Å². The number of aliphatic carboxylic acids is 1. The van der Waals surface area contributed by atoms with E-state index < -0.39 is 41.8 Å². The van der Waals surface area contributed by atoms with Crippen LogP contribution in [0.1, 0.15) is 31.8 Å². The molecule has 0 saturated carbocycles. The topological polar surface area (TPSA) is 119 Å². The Kier molecular flexibility index (Phi) is 7.93. The van der Waals surface area contributed by atoms with Gasteiger partial charge < -0.3 is 19.9 Å². The summed E-state index contributed by atoms with van der Waals surface area (Å²) in [5, 5.41) is 12.1. The number of rotatable bonds is 8. The Hall–Kier alpha value is -4.53. The zero-order valence-electron chi connectivity index (χ0n) is 18.9. The van der Waals surface area contributed by atoms with E-state index in [4.69, 9.17) is 9.47 Å². The molecule has 2 atom stereocenters. The van der Waals surface area contributed by atoms with Crippen molar-refractivity contribution in [3.8, 4) is 0 Å². The first-order valence-corrected chi connectivity index (χ1v) is 10.5. The number of nitrogens with one attached hydrogen (secondary N) is 1. The molecule has 35 heavy (non-hydrogen) atoms. The summed E-state index contributed by atoms with van der Waals surface area (Å²) in [4.78, 5) is 50.4. The number of carbonyl (C=O) groups excluding carboxylic acids is 3. The predicted molar refractivity (Wildman–Crippen MR) is 123 cm³/mol. The van der Waals surface area contributed by atoms with E-state index in [2.05, 4.69) is 5.32 Å². The van der Waals surface area contributed by atoms with Gasteiger partial charge in [-0.15, -0.1) is 0 Å². The molecule has 0 aliphatic carbocycles. The monoisotopic (exact) mass is 479 g/mol. The third-order valence-corrected chi connectivity index (χ3v) is 4.86. The van der Waals surface area contributed by atoms with Crippen LogP contribution in [0, 0.1) is 19.7 Å². The van der Waals surface area contributed by atoms with E-state index in [1.165, 1.54) is 36.4 Å². The van der Waals surface area contributed by atoms with Gasteiger partial charge in [0.1, 0.15) is 5.82 Å². The molecule has 0 aliphatic rings. The van der Waals surface area contributed by atoms with Gasteiger partial charge in [0.25, 0.3) is 5.91 Å². The van der Waals surface area contributed by atoms with Gasteiger partial charge in [0.05, 0.1) is 11.1 Å². The highest BCUT2D eigenvalue weighted by atomic mass is 19.1. The fourth-order valence-corrected chi connectivity index (χ4v) is 3.15. The van der Waals surface area contributed by atoms with Crippen LogP contribution in [0.25, 0.3) is 0 Å². The van der Waals surface area contributed by atoms with Crippen LogP contribution in [0.15, 0.2) is 72.8 Å². The van der Waals surface area contributed by atoms with Gasteiger partial charge in [0.15, 0.2) is 0 Å². The molecule has 2 unspecified atom stereocenters. The Bertz CT molecular complexity index is 1260. The maximum atomic E-state index is 13.2. The van der Waals surface area contributed by atoms with Crippen molar-refractivity contribution in [1.82, 2.24) is 0 Å². The van der Waals surface area contributed by atoms with E-state index in [9.17, 15) is 28.7 Å². The molecule has 8 nitrogen and oxygen atoms in total. The molecule has 0 aromatic heterocycles. The summed E-state index contributed by atoms with van der Waals surface area (Å²) in [7, 11) is 0. The number of halogens is 1. The second-order valence-corrected chi connectivity index (χ2v) is 7.73. The Morgan fingerprint density at radius 1 is 0.771 bits per heavy atom. The number of amides is 1. The van der Waals surface area contributed by atoms with E-state index in [-0.39, 0.29) is 16.8 Å². The number of esters is 2. The zero-order chi connectivity index (χ0) is 25.5. The van der Waals surface area contributed by atoms with E-state index in [0.29, 0.717) is 0 Å². The zero-order valence-corrected chi connectivity index (χ0v) is 18.9. The van der Waals surface area contributed by atoms with Gasteiger partial charge in [-0.1, -0.05) is 35.4 Å². The summed E-state index contributed by atoms with van der Waals surface area (Å²) in [5.41, 5.74) is 1.69. The quantitative estimate of drug-likeness (QED) is 0.470. The van der Waals surface area contributed by atoms with E-state index in [1.54, 1.807) is 38.1 Å². The molecule has 0 radical (unpaired) electrons. The van der Waals surface area contributed by atoms with Crippen molar-refractivity contribution in [2.45, 2.75) is 26.1 Å². The summed E-state index contributed by atoms with van der Waals surface area (Å²) >= 11 is 0. The molecule has 1 amide bonds. The molecule has 9 heteroatoms. The standard InChI is InChI=1S/C26H22FNO7/c1-15-5-3-7-17(13-15)25(32)34-21(23(29)28-20-11-9-19(27)10-12-20)22(24(30)31)35-26(33)18-8-4-6-16(2)14-18/h3-14,21-22H,1-2H3,(H,28,29)(H,30,31). The predicted octanol–water partition coefficient (Wildman–Crippen LogP) is 3.92. The number of hydrogen-bond donors (Lipinski definition) is 2. The fourth-order valence-electron chi connectivity index (χ4n) is 3.15. The van der Waals surface area contributed by atoms with E-state index >= 15 is 0 Å². The Labute approximate surface area is 200 Å². The van der Waals surface area contributed by atoms with Gasteiger partial charge in [-0.2, -0.15) is 0 Å². The highest BCUT2D eigenvalue weighted by Gasteiger charge is 2.41. The van der Waals surface area contributed by atoms with Gasteiger partial charge in [0.2, 0.25) is 12.2 Å². The van der Waals surface area contributed by atoms with Gasteiger partial charge in [-0.05, 0) is 62.4 Å². The number of anilines is 1. The number of hydrogen-bond acceptors (Lipinski definition) is 6. The lowest BCUT2D eigenvalue weighted by atomic mass is 10.1. The maximum Gasteiger partial charge on any atom is 0.349 e. The molecular formula is C26H22FNO7. The fraction of sp³-hybridized carbons (Fsp3) is 0.154. The Morgan fingerprint density at radius 2 is 1.26 bits per heavy atom. The molecule has 0 saturated heterocycles. The third-order valence-electron chi connectivity index (χ3n) is 4.86. The third kappa shape index (κ3) is 6.73. The minimum Gasteiger partial charge on any atom is -0.478 e. The Balaban J connectivity index is 1.91. The average Bonchev–Trinajstić information content (AvgIpc) is 2.82. The van der Waals surface area contributed by atoms with Crippen LogP contribution in [-0.4, -0.2) is 41.1 Å². The van der Waals surface area contributed by atoms with Crippen molar-refractivity contribution in [3.05, 3.63) is 101 Å². The SMILES string of the molecule is Cc1cccc(C(=O)OC(C(=O)O)C(OC(=O)c2cccc(C)c2)C(=O)Nc2ccc(F)cc2)c1. The van der Waals surface area contributed by atoms with Crippen molar-refractivity contribution in [2.24, 2.45) is 0 Å². The second kappa shape index (κ2) is 11.1. The molecule has 180 valence electrons. The molecule has 0 heterocycles. The van der Waals surface area contributed by atoms with Gasteiger partial charge >= 0.3 is 17.9 Å². The minimum atomic E-state index is -2.17. The molecule has 3 rings (SSSR count). The Morgan fingerprint density at radius 3 is 1.71 bits per heavy atom. The summed E-state index contributed by atoms with van der Waals surface area (Å²) < 4.78 is 23.6. The van der Waals surface area contributed by atoms with Crippen LogP contribution >= 0.6 is 0 Å². The minimum absolute atomic E-state index is 0.0546. The number of ether oxygens (including phenoxy) is 2. The maximum absolute atomic E-state index is 13.2. The van der Waals surface area contributed by atoms with Crippen molar-refractivity contribution >= 4 is 29.5 Å². The van der Waals surface area contributed by atoms with Gasteiger partial charge in [-0.3, -0.25) is 4.79 Å². The molecule has 3 aromatic carbocycles. The summed E-state index contributed by atoms with van der Waals surface area (Å²) in [6.07, 6.45) is -4.23. The molecule has 0 aliphatic heterocycles. The molecule has 0 fully saturated rings. The second-order valence-electron chi connectivity index (χ2n) is 7.73. The molecule has 0 spiro atoms. The van der Waals surface area contributed by atoms with Crippen LogP contribution in [-0.2, 0) is 19.1 Å².